The van der Waals surface area contributed by atoms with Gasteiger partial charge >= 0.3 is 0 Å². The lowest BCUT2D eigenvalue weighted by Gasteiger charge is -2.08. The minimum Gasteiger partial charge on any atom is -0.350 e. The third-order valence-electron chi connectivity index (χ3n) is 2.32. The van der Waals surface area contributed by atoms with E-state index < -0.39 is 5.54 Å². The highest BCUT2D eigenvalue weighted by molar-refractivity contribution is 9.11. The molecule has 2 rings (SSSR count). The van der Waals surface area contributed by atoms with Crippen molar-refractivity contribution in [2.45, 2.75) is 24.9 Å². The van der Waals surface area contributed by atoms with Gasteiger partial charge in [-0.1, -0.05) is 0 Å². The highest BCUT2D eigenvalue weighted by Crippen LogP contribution is 2.32. The number of carbonyl (C=O) groups is 1. The summed E-state index contributed by atoms with van der Waals surface area (Å²) in [6.07, 6.45) is 1.62. The fourth-order valence-electron chi connectivity index (χ4n) is 1.16. The fraction of sp³-hybridized carbons (Fsp3) is 0.444. The molecule has 0 atom stereocenters. The van der Waals surface area contributed by atoms with E-state index in [1.165, 1.54) is 0 Å². The Morgan fingerprint density at radius 2 is 2.33 bits per heavy atom. The molecule has 0 radical (unpaired) electrons. The number of rotatable bonds is 3. The highest BCUT2D eigenvalue weighted by atomic mass is 79.9. The van der Waals surface area contributed by atoms with Crippen LogP contribution in [0.15, 0.2) is 15.2 Å². The van der Waals surface area contributed by atoms with E-state index in [0.29, 0.717) is 6.54 Å². The van der Waals surface area contributed by atoms with Gasteiger partial charge in [-0.2, -0.15) is 0 Å². The SMILES string of the molecule is Cl.NC1(C(=O)NCc2csc(Br)c2)CC1. The Balaban J connectivity index is 0.00000112. The number of amides is 1. The van der Waals surface area contributed by atoms with Gasteiger partial charge in [0.25, 0.3) is 0 Å². The van der Waals surface area contributed by atoms with Gasteiger partial charge < -0.3 is 11.1 Å². The van der Waals surface area contributed by atoms with Gasteiger partial charge in [0.2, 0.25) is 5.91 Å². The molecule has 0 saturated heterocycles. The normalized spacial score (nSPS) is 16.7. The molecule has 3 nitrogen and oxygen atoms in total. The van der Waals surface area contributed by atoms with Gasteiger partial charge in [0, 0.05) is 6.54 Å². The Bertz CT molecular complexity index is 365. The van der Waals surface area contributed by atoms with Crippen molar-refractivity contribution in [1.29, 1.82) is 0 Å². The lowest BCUT2D eigenvalue weighted by Crippen LogP contribution is -2.42. The maximum Gasteiger partial charge on any atom is 0.240 e. The Labute approximate surface area is 107 Å². The van der Waals surface area contributed by atoms with Crippen LogP contribution in [0.5, 0.6) is 0 Å². The molecule has 0 aromatic carbocycles. The molecule has 0 unspecified atom stereocenters. The molecular formula is C9H12BrClN2OS. The number of nitrogens with one attached hydrogen (secondary N) is 1. The summed E-state index contributed by atoms with van der Waals surface area (Å²) in [5.74, 6) is -0.0279. The van der Waals surface area contributed by atoms with Crippen LogP contribution in [0.2, 0.25) is 0 Å². The van der Waals surface area contributed by atoms with Gasteiger partial charge in [0.15, 0.2) is 0 Å². The van der Waals surface area contributed by atoms with Crippen LogP contribution in [0, 0.1) is 0 Å². The molecule has 1 aliphatic carbocycles. The van der Waals surface area contributed by atoms with Crippen molar-refractivity contribution in [2.24, 2.45) is 5.73 Å². The van der Waals surface area contributed by atoms with Crippen LogP contribution in [0.3, 0.4) is 0 Å². The molecule has 1 heterocycles. The van der Waals surface area contributed by atoms with E-state index in [-0.39, 0.29) is 18.3 Å². The average molecular weight is 312 g/mol. The van der Waals surface area contributed by atoms with E-state index in [1.807, 2.05) is 11.4 Å². The molecule has 1 aliphatic rings. The summed E-state index contributed by atoms with van der Waals surface area (Å²) in [7, 11) is 0. The molecule has 1 aromatic rings. The summed E-state index contributed by atoms with van der Waals surface area (Å²) in [4.78, 5) is 11.5. The van der Waals surface area contributed by atoms with Crippen LogP contribution >= 0.6 is 39.7 Å². The molecule has 6 heteroatoms. The van der Waals surface area contributed by atoms with E-state index in [4.69, 9.17) is 5.73 Å². The molecule has 1 fully saturated rings. The quantitative estimate of drug-likeness (QED) is 0.897. The van der Waals surface area contributed by atoms with Gasteiger partial charge in [-0.05, 0) is 45.8 Å². The Hall–Kier alpha value is -0.100. The number of thiophene rings is 1. The first-order chi connectivity index (χ1) is 6.60. The second-order valence-electron chi connectivity index (χ2n) is 3.60. The molecule has 84 valence electrons. The van der Waals surface area contributed by atoms with Gasteiger partial charge in [-0.3, -0.25) is 4.79 Å². The number of hydrogen-bond donors (Lipinski definition) is 2. The van der Waals surface area contributed by atoms with Gasteiger partial charge in [0.05, 0.1) is 9.33 Å². The number of halogens is 2. The number of hydrogen-bond acceptors (Lipinski definition) is 3. The predicted octanol–water partition coefficient (Wildman–Crippen LogP) is 2.04. The zero-order valence-electron chi connectivity index (χ0n) is 7.96. The molecule has 0 aliphatic heterocycles. The first kappa shape index (κ1) is 13.0. The van der Waals surface area contributed by atoms with Crippen LogP contribution in [-0.2, 0) is 11.3 Å². The molecule has 1 amide bonds. The molecule has 0 bridgehead atoms. The zero-order chi connectivity index (χ0) is 10.2. The maximum absolute atomic E-state index is 11.5. The van der Waals surface area contributed by atoms with E-state index in [9.17, 15) is 4.79 Å². The fourth-order valence-corrected chi connectivity index (χ4v) is 2.37. The topological polar surface area (TPSA) is 55.1 Å². The van der Waals surface area contributed by atoms with Crippen molar-refractivity contribution in [3.8, 4) is 0 Å². The summed E-state index contributed by atoms with van der Waals surface area (Å²) >= 11 is 4.99. The summed E-state index contributed by atoms with van der Waals surface area (Å²) in [5, 5.41) is 4.85. The first-order valence-electron chi connectivity index (χ1n) is 4.40. The van der Waals surface area contributed by atoms with Crippen molar-refractivity contribution in [2.75, 3.05) is 0 Å². The lowest BCUT2D eigenvalue weighted by atomic mass is 10.2. The van der Waals surface area contributed by atoms with Crippen LogP contribution in [0.1, 0.15) is 18.4 Å². The molecule has 1 aromatic heterocycles. The van der Waals surface area contributed by atoms with Crippen LogP contribution in [-0.4, -0.2) is 11.4 Å². The molecular weight excluding hydrogens is 300 g/mol. The molecule has 1 saturated carbocycles. The van der Waals surface area contributed by atoms with Crippen molar-refractivity contribution < 1.29 is 4.79 Å². The summed E-state index contributed by atoms with van der Waals surface area (Å²) in [5.41, 5.74) is 6.29. The summed E-state index contributed by atoms with van der Waals surface area (Å²) in [6, 6.07) is 2.00. The van der Waals surface area contributed by atoms with E-state index in [0.717, 1.165) is 22.2 Å². The Morgan fingerprint density at radius 3 is 2.80 bits per heavy atom. The third-order valence-corrected chi connectivity index (χ3v) is 3.87. The lowest BCUT2D eigenvalue weighted by molar-refractivity contribution is -0.123. The van der Waals surface area contributed by atoms with Gasteiger partial charge in [0.1, 0.15) is 0 Å². The molecule has 3 N–H and O–H groups in total. The molecule has 0 spiro atoms. The largest absolute Gasteiger partial charge is 0.350 e. The number of nitrogens with two attached hydrogens (primary N) is 1. The smallest absolute Gasteiger partial charge is 0.240 e. The highest BCUT2D eigenvalue weighted by Gasteiger charge is 2.45. The first-order valence-corrected chi connectivity index (χ1v) is 6.07. The zero-order valence-corrected chi connectivity index (χ0v) is 11.2. The standard InChI is InChI=1S/C9H11BrN2OS.ClH/c10-7-3-6(5-14-7)4-12-8(13)9(11)1-2-9;/h3,5H,1-2,4,11H2,(H,12,13);1H. The second-order valence-corrected chi connectivity index (χ2v) is 5.89. The van der Waals surface area contributed by atoms with E-state index in [1.54, 1.807) is 11.3 Å². The van der Waals surface area contributed by atoms with E-state index in [2.05, 4.69) is 21.2 Å². The summed E-state index contributed by atoms with van der Waals surface area (Å²) in [6.45, 7) is 0.569. The second kappa shape index (κ2) is 4.82. The van der Waals surface area contributed by atoms with Crippen LogP contribution in [0.4, 0.5) is 0 Å². The minimum absolute atomic E-state index is 0. The van der Waals surface area contributed by atoms with Crippen molar-refractivity contribution in [1.82, 2.24) is 5.32 Å². The van der Waals surface area contributed by atoms with Crippen molar-refractivity contribution in [3.05, 3.63) is 20.8 Å². The van der Waals surface area contributed by atoms with Crippen LogP contribution in [0.25, 0.3) is 0 Å². The molecule has 15 heavy (non-hydrogen) atoms. The maximum atomic E-state index is 11.5. The van der Waals surface area contributed by atoms with E-state index >= 15 is 0 Å². The predicted molar refractivity (Wildman–Crippen MR) is 67.3 cm³/mol. The minimum atomic E-state index is -0.562. The summed E-state index contributed by atoms with van der Waals surface area (Å²) < 4.78 is 1.08. The van der Waals surface area contributed by atoms with Crippen LogP contribution < -0.4 is 11.1 Å². The van der Waals surface area contributed by atoms with Crippen molar-refractivity contribution in [3.63, 3.8) is 0 Å². The Kier molecular flexibility index (Phi) is 4.17. The Morgan fingerprint density at radius 1 is 1.67 bits per heavy atom. The number of carbonyl (C=O) groups excluding carboxylic acids is 1. The monoisotopic (exact) mass is 310 g/mol. The average Bonchev–Trinajstić information content (AvgIpc) is 2.76. The van der Waals surface area contributed by atoms with Gasteiger partial charge in [-0.25, -0.2) is 0 Å². The van der Waals surface area contributed by atoms with Crippen molar-refractivity contribution >= 4 is 45.6 Å². The third kappa shape index (κ3) is 3.17. The van der Waals surface area contributed by atoms with Gasteiger partial charge in [-0.15, -0.1) is 23.7 Å².